The molecule has 0 bridgehead atoms. The van der Waals surface area contributed by atoms with E-state index >= 15 is 0 Å². The Morgan fingerprint density at radius 1 is 1.16 bits per heavy atom. The van der Waals surface area contributed by atoms with Crippen molar-refractivity contribution in [3.8, 4) is 0 Å². The molecule has 0 aliphatic carbocycles. The van der Waals surface area contributed by atoms with Gasteiger partial charge in [0.1, 0.15) is 22.8 Å². The maximum absolute atomic E-state index is 12.0. The molecule has 25 heavy (non-hydrogen) atoms. The minimum absolute atomic E-state index is 0.0597. The summed E-state index contributed by atoms with van der Waals surface area (Å²) in [5.41, 5.74) is 1.61. The molecule has 1 heterocycles. The first kappa shape index (κ1) is 18.2. The average Bonchev–Trinajstić information content (AvgIpc) is 2.86. The van der Waals surface area contributed by atoms with Gasteiger partial charge in [-0.2, -0.15) is 0 Å². The molecule has 0 aliphatic rings. The fraction of sp³-hybridized carbons (Fsp3) is 0.294. The molecule has 1 aromatic heterocycles. The fourth-order valence-corrected chi connectivity index (χ4v) is 2.28. The van der Waals surface area contributed by atoms with Crippen molar-refractivity contribution in [2.24, 2.45) is 0 Å². The lowest BCUT2D eigenvalue weighted by Crippen LogP contribution is -2.21. The van der Waals surface area contributed by atoms with Gasteiger partial charge in [-0.15, -0.1) is 0 Å². The molecule has 0 aliphatic heterocycles. The maximum Gasteiger partial charge on any atom is 0.342 e. The van der Waals surface area contributed by atoms with Crippen LogP contribution in [0.5, 0.6) is 0 Å². The van der Waals surface area contributed by atoms with E-state index in [-0.39, 0.29) is 16.9 Å². The van der Waals surface area contributed by atoms with Crippen molar-refractivity contribution < 1.29 is 23.7 Å². The highest BCUT2D eigenvalue weighted by molar-refractivity contribution is 5.97. The minimum Gasteiger partial charge on any atom is -0.466 e. The van der Waals surface area contributed by atoms with Gasteiger partial charge in [0, 0.05) is 6.07 Å². The lowest BCUT2D eigenvalue weighted by molar-refractivity contribution is -0.384. The van der Waals surface area contributed by atoms with Crippen LogP contribution in [0.1, 0.15) is 33.0 Å². The first-order chi connectivity index (χ1) is 11.7. The Balaban J connectivity index is 2.06. The number of hydrogen-bond acceptors (Lipinski definition) is 6. The van der Waals surface area contributed by atoms with Crippen LogP contribution >= 0.6 is 0 Å². The number of esters is 1. The molecule has 0 radical (unpaired) electrons. The van der Waals surface area contributed by atoms with Crippen LogP contribution < -0.4 is 5.32 Å². The minimum atomic E-state index is -0.695. The van der Waals surface area contributed by atoms with E-state index in [0.29, 0.717) is 11.5 Å². The average molecular weight is 346 g/mol. The molecule has 0 atom stereocenters. The number of anilines is 1. The molecule has 2 aromatic rings. The second kappa shape index (κ2) is 7.16. The van der Waals surface area contributed by atoms with Gasteiger partial charge in [0.15, 0.2) is 6.61 Å². The monoisotopic (exact) mass is 346 g/mol. The van der Waals surface area contributed by atoms with E-state index in [4.69, 9.17) is 9.15 Å². The van der Waals surface area contributed by atoms with Crippen LogP contribution in [0.15, 0.2) is 22.6 Å². The highest BCUT2D eigenvalue weighted by atomic mass is 16.6. The van der Waals surface area contributed by atoms with Crippen LogP contribution in [0.25, 0.3) is 0 Å². The van der Waals surface area contributed by atoms with E-state index in [1.807, 2.05) is 0 Å². The van der Waals surface area contributed by atoms with Gasteiger partial charge in [0.2, 0.25) is 0 Å². The maximum atomic E-state index is 12.0. The lowest BCUT2D eigenvalue weighted by Gasteiger charge is -2.09. The van der Waals surface area contributed by atoms with Crippen molar-refractivity contribution in [3.05, 3.63) is 56.5 Å². The smallest absolute Gasteiger partial charge is 0.342 e. The number of hydrogen-bond donors (Lipinski definition) is 1. The molecule has 0 saturated carbocycles. The topological polar surface area (TPSA) is 112 Å². The molecule has 2 rings (SSSR count). The van der Waals surface area contributed by atoms with Gasteiger partial charge in [-0.1, -0.05) is 0 Å². The summed E-state index contributed by atoms with van der Waals surface area (Å²) in [5, 5.41) is 13.5. The van der Waals surface area contributed by atoms with Crippen LogP contribution in [-0.4, -0.2) is 23.4 Å². The quantitative estimate of drug-likeness (QED) is 0.505. The van der Waals surface area contributed by atoms with Crippen molar-refractivity contribution in [1.82, 2.24) is 0 Å². The van der Waals surface area contributed by atoms with E-state index in [1.54, 1.807) is 27.7 Å². The molecular weight excluding hydrogens is 328 g/mol. The van der Waals surface area contributed by atoms with Crippen LogP contribution in [0.2, 0.25) is 0 Å². The summed E-state index contributed by atoms with van der Waals surface area (Å²) in [4.78, 5) is 34.5. The molecule has 8 nitrogen and oxygen atoms in total. The molecule has 1 amide bonds. The van der Waals surface area contributed by atoms with E-state index in [0.717, 1.165) is 11.1 Å². The van der Waals surface area contributed by atoms with Gasteiger partial charge >= 0.3 is 5.97 Å². The summed E-state index contributed by atoms with van der Waals surface area (Å²) < 4.78 is 10.2. The summed E-state index contributed by atoms with van der Waals surface area (Å²) in [6.07, 6.45) is 0. The van der Waals surface area contributed by atoms with E-state index in [1.165, 1.54) is 18.2 Å². The molecule has 0 fully saturated rings. The summed E-state index contributed by atoms with van der Waals surface area (Å²) in [6, 6.07) is 4.41. The lowest BCUT2D eigenvalue weighted by atomic mass is 10.1. The Labute approximate surface area is 143 Å². The number of nitro benzene ring substituents is 1. The highest BCUT2D eigenvalue weighted by Gasteiger charge is 2.20. The predicted octanol–water partition coefficient (Wildman–Crippen LogP) is 3.22. The second-order valence-corrected chi connectivity index (χ2v) is 5.66. The number of amides is 1. The summed E-state index contributed by atoms with van der Waals surface area (Å²) in [5.74, 6) is -0.413. The Hall–Kier alpha value is -3.16. The van der Waals surface area contributed by atoms with Gasteiger partial charge in [0.05, 0.1) is 4.92 Å². The molecular formula is C17H18N2O6. The van der Waals surface area contributed by atoms with Crippen molar-refractivity contribution in [2.75, 3.05) is 11.9 Å². The van der Waals surface area contributed by atoms with E-state index < -0.39 is 23.4 Å². The molecule has 0 spiro atoms. The Morgan fingerprint density at radius 2 is 1.80 bits per heavy atom. The van der Waals surface area contributed by atoms with E-state index in [2.05, 4.69) is 5.32 Å². The zero-order valence-corrected chi connectivity index (χ0v) is 14.3. The number of benzene rings is 1. The Morgan fingerprint density at radius 3 is 2.36 bits per heavy atom. The molecule has 8 heteroatoms. The summed E-state index contributed by atoms with van der Waals surface area (Å²) >= 11 is 0. The largest absolute Gasteiger partial charge is 0.466 e. The molecule has 0 saturated heterocycles. The Kier molecular flexibility index (Phi) is 5.21. The number of ether oxygens (including phenoxy) is 1. The third-order valence-electron chi connectivity index (χ3n) is 3.68. The second-order valence-electron chi connectivity index (χ2n) is 5.66. The first-order valence-corrected chi connectivity index (χ1v) is 7.48. The number of furan rings is 1. The number of nitro groups is 1. The normalized spacial score (nSPS) is 10.4. The fourth-order valence-electron chi connectivity index (χ4n) is 2.28. The van der Waals surface area contributed by atoms with Gasteiger partial charge in [-0.3, -0.25) is 14.9 Å². The van der Waals surface area contributed by atoms with Crippen molar-refractivity contribution >= 4 is 23.3 Å². The molecule has 1 N–H and O–H groups in total. The Bertz CT molecular complexity index is 853. The first-order valence-electron chi connectivity index (χ1n) is 7.48. The predicted molar refractivity (Wildman–Crippen MR) is 89.7 cm³/mol. The van der Waals surface area contributed by atoms with Crippen LogP contribution in [0.4, 0.5) is 11.4 Å². The SMILES string of the molecule is Cc1cc(C(=O)OCC(=O)Nc2cc(C)c(C)cc2[N+](=O)[O-])c(C)o1. The number of aryl methyl sites for hydroxylation is 4. The number of rotatable bonds is 5. The van der Waals surface area contributed by atoms with Crippen LogP contribution in [0, 0.1) is 37.8 Å². The van der Waals surface area contributed by atoms with Gasteiger partial charge in [0.25, 0.3) is 11.6 Å². The summed E-state index contributed by atoms with van der Waals surface area (Å²) in [7, 11) is 0. The van der Waals surface area contributed by atoms with Gasteiger partial charge in [-0.05, 0) is 51.0 Å². The molecule has 0 unspecified atom stereocenters. The van der Waals surface area contributed by atoms with E-state index in [9.17, 15) is 19.7 Å². The van der Waals surface area contributed by atoms with Gasteiger partial charge < -0.3 is 14.5 Å². The third kappa shape index (κ3) is 4.23. The summed E-state index contributed by atoms with van der Waals surface area (Å²) in [6.45, 7) is 6.26. The van der Waals surface area contributed by atoms with Crippen molar-refractivity contribution in [3.63, 3.8) is 0 Å². The number of nitrogens with one attached hydrogen (secondary N) is 1. The number of nitrogens with zero attached hydrogens (tertiary/aromatic N) is 1. The number of carbonyl (C=O) groups is 2. The zero-order valence-electron chi connectivity index (χ0n) is 14.3. The third-order valence-corrected chi connectivity index (χ3v) is 3.68. The van der Waals surface area contributed by atoms with Crippen LogP contribution in [-0.2, 0) is 9.53 Å². The zero-order chi connectivity index (χ0) is 18.7. The van der Waals surface area contributed by atoms with Crippen molar-refractivity contribution in [2.45, 2.75) is 27.7 Å². The van der Waals surface area contributed by atoms with Gasteiger partial charge in [-0.25, -0.2) is 4.79 Å². The molecule has 1 aromatic carbocycles. The van der Waals surface area contributed by atoms with Crippen LogP contribution in [0.3, 0.4) is 0 Å². The van der Waals surface area contributed by atoms with Crippen molar-refractivity contribution in [1.29, 1.82) is 0 Å². The standard InChI is InChI=1S/C17H18N2O6/c1-9-5-14(15(19(22)23)6-10(9)2)18-16(20)8-24-17(21)13-7-11(3)25-12(13)4/h5-7H,8H2,1-4H3,(H,18,20). The number of carbonyl (C=O) groups excluding carboxylic acids is 2. The molecule has 132 valence electrons. The highest BCUT2D eigenvalue weighted by Crippen LogP contribution is 2.27.